The molecule has 12 rings (SSSR count). The minimum Gasteiger partial charge on any atom is -0.455 e. The Hall–Kier alpha value is -7.16. The van der Waals surface area contributed by atoms with Crippen LogP contribution in [-0.4, -0.2) is 0 Å². The van der Waals surface area contributed by atoms with Gasteiger partial charge in [-0.25, -0.2) is 0 Å². The smallest absolute Gasteiger partial charge is 0.143 e. The van der Waals surface area contributed by atoms with Crippen LogP contribution in [0.15, 0.2) is 205 Å². The number of hydrogen-bond acceptors (Lipinski definition) is 2. The standard InChI is InChI=1S/C53H33NO/c1-3-15-34(16-4-1)51-39-20-8-7-17-35(39)31-45-44-32-37(28-30-50(44)55-52(45)51)54(36-18-5-2-6-19-36)38-27-29-43-42-23-11-14-26-48(42)53(49(43)33-38)46-24-12-9-21-40(46)41-22-10-13-25-47(41)53/h1-33H. The van der Waals surface area contributed by atoms with Gasteiger partial charge in [-0.2, -0.15) is 0 Å². The molecule has 55 heavy (non-hydrogen) atoms. The Bertz CT molecular complexity index is 3090. The molecule has 2 heteroatoms. The maximum Gasteiger partial charge on any atom is 0.143 e. The highest BCUT2D eigenvalue weighted by Crippen LogP contribution is 2.63. The number of hydrogen-bond donors (Lipinski definition) is 0. The highest BCUT2D eigenvalue weighted by Gasteiger charge is 2.51. The zero-order chi connectivity index (χ0) is 36.1. The highest BCUT2D eigenvalue weighted by atomic mass is 16.3. The number of rotatable bonds is 4. The summed E-state index contributed by atoms with van der Waals surface area (Å²) in [6.45, 7) is 0. The largest absolute Gasteiger partial charge is 0.455 e. The van der Waals surface area contributed by atoms with Crippen LogP contribution in [-0.2, 0) is 5.41 Å². The molecule has 1 heterocycles. The number of benzene rings is 9. The Labute approximate surface area is 319 Å². The molecule has 1 spiro atoms. The average molecular weight is 700 g/mol. The predicted octanol–water partition coefficient (Wildman–Crippen LogP) is 14.2. The van der Waals surface area contributed by atoms with Gasteiger partial charge in [-0.1, -0.05) is 152 Å². The number of nitrogens with zero attached hydrogens (tertiary/aromatic N) is 1. The van der Waals surface area contributed by atoms with Gasteiger partial charge in [0, 0.05) is 33.4 Å². The van der Waals surface area contributed by atoms with Gasteiger partial charge in [0.15, 0.2) is 0 Å². The Morgan fingerprint density at radius 3 is 1.60 bits per heavy atom. The number of fused-ring (bicyclic) bond motifs is 14. The molecule has 0 bridgehead atoms. The molecule has 0 atom stereocenters. The van der Waals surface area contributed by atoms with Gasteiger partial charge in [-0.05, 0) is 109 Å². The maximum absolute atomic E-state index is 6.80. The molecular formula is C53H33NO. The van der Waals surface area contributed by atoms with Gasteiger partial charge in [0.25, 0.3) is 0 Å². The van der Waals surface area contributed by atoms with Crippen molar-refractivity contribution in [1.29, 1.82) is 0 Å². The van der Waals surface area contributed by atoms with E-state index in [4.69, 9.17) is 4.42 Å². The van der Waals surface area contributed by atoms with E-state index in [2.05, 4.69) is 205 Å². The van der Waals surface area contributed by atoms with Gasteiger partial charge in [0.05, 0.1) is 5.41 Å². The molecule has 0 amide bonds. The van der Waals surface area contributed by atoms with E-state index in [1.165, 1.54) is 55.3 Å². The van der Waals surface area contributed by atoms with E-state index in [1.54, 1.807) is 0 Å². The lowest BCUT2D eigenvalue weighted by Gasteiger charge is -2.32. The zero-order valence-corrected chi connectivity index (χ0v) is 29.9. The fraction of sp³-hybridized carbons (Fsp3) is 0.0189. The minimum atomic E-state index is -0.420. The second kappa shape index (κ2) is 11.4. The van der Waals surface area contributed by atoms with E-state index in [0.29, 0.717) is 0 Å². The minimum absolute atomic E-state index is 0.420. The van der Waals surface area contributed by atoms with Crippen molar-refractivity contribution in [1.82, 2.24) is 0 Å². The molecule has 0 N–H and O–H groups in total. The second-order valence-corrected chi connectivity index (χ2v) is 14.8. The van der Waals surface area contributed by atoms with Crippen LogP contribution >= 0.6 is 0 Å². The Morgan fingerprint density at radius 1 is 0.364 bits per heavy atom. The Balaban J connectivity index is 1.11. The van der Waals surface area contributed by atoms with Gasteiger partial charge in [0.2, 0.25) is 0 Å². The van der Waals surface area contributed by atoms with E-state index in [0.717, 1.165) is 50.1 Å². The van der Waals surface area contributed by atoms with E-state index < -0.39 is 5.41 Å². The number of furan rings is 1. The van der Waals surface area contributed by atoms with E-state index in [9.17, 15) is 0 Å². The zero-order valence-electron chi connectivity index (χ0n) is 29.9. The molecular weight excluding hydrogens is 667 g/mol. The summed E-state index contributed by atoms with van der Waals surface area (Å²) in [5, 5.41) is 4.60. The van der Waals surface area contributed by atoms with Gasteiger partial charge >= 0.3 is 0 Å². The Kier molecular flexibility index (Phi) is 6.29. The highest BCUT2D eigenvalue weighted by molar-refractivity contribution is 6.18. The van der Waals surface area contributed by atoms with E-state index in [-0.39, 0.29) is 0 Å². The molecule has 2 aliphatic rings. The van der Waals surface area contributed by atoms with Crippen LogP contribution in [0, 0.1) is 0 Å². The molecule has 256 valence electrons. The van der Waals surface area contributed by atoms with Crippen molar-refractivity contribution < 1.29 is 4.42 Å². The van der Waals surface area contributed by atoms with Crippen LogP contribution in [0.1, 0.15) is 22.3 Å². The molecule has 0 fully saturated rings. The third-order valence-electron chi connectivity index (χ3n) is 12.0. The molecule has 0 radical (unpaired) electrons. The molecule has 9 aromatic carbocycles. The van der Waals surface area contributed by atoms with E-state index >= 15 is 0 Å². The molecule has 0 saturated heterocycles. The summed E-state index contributed by atoms with van der Waals surface area (Å²) in [4.78, 5) is 2.40. The van der Waals surface area contributed by atoms with Gasteiger partial charge in [-0.3, -0.25) is 0 Å². The summed E-state index contributed by atoms with van der Waals surface area (Å²) in [5.74, 6) is 0. The first kappa shape index (κ1) is 30.3. The van der Waals surface area contributed by atoms with Crippen LogP contribution in [0.2, 0.25) is 0 Å². The quantitative estimate of drug-likeness (QED) is 0.182. The summed E-state index contributed by atoms with van der Waals surface area (Å²) >= 11 is 0. The average Bonchev–Trinajstić information content (AvgIpc) is 3.87. The van der Waals surface area contributed by atoms with Gasteiger partial charge < -0.3 is 9.32 Å². The van der Waals surface area contributed by atoms with Crippen molar-refractivity contribution >= 4 is 49.8 Å². The molecule has 1 aromatic heterocycles. The van der Waals surface area contributed by atoms with E-state index in [1.807, 2.05) is 0 Å². The third-order valence-corrected chi connectivity index (χ3v) is 12.0. The topological polar surface area (TPSA) is 16.4 Å². The summed E-state index contributed by atoms with van der Waals surface area (Å²) in [6, 6.07) is 73.1. The summed E-state index contributed by atoms with van der Waals surface area (Å²) < 4.78 is 6.80. The fourth-order valence-corrected chi connectivity index (χ4v) is 9.84. The molecule has 0 unspecified atom stereocenters. The molecule has 2 nitrogen and oxygen atoms in total. The van der Waals surface area contributed by atoms with Crippen LogP contribution in [0.5, 0.6) is 0 Å². The fourth-order valence-electron chi connectivity index (χ4n) is 9.84. The SMILES string of the molecule is c1ccc(-c2c3ccccc3cc3c2oc2ccc(N(c4ccccc4)c4ccc5c(c4)C4(c6ccccc6-c6ccccc64)c4ccccc4-5)cc23)cc1. The maximum atomic E-state index is 6.80. The number of anilines is 3. The summed E-state index contributed by atoms with van der Waals surface area (Å²) in [6.07, 6.45) is 0. The summed E-state index contributed by atoms with van der Waals surface area (Å²) in [7, 11) is 0. The second-order valence-electron chi connectivity index (χ2n) is 14.8. The molecule has 2 aliphatic carbocycles. The van der Waals surface area contributed by atoms with Crippen LogP contribution < -0.4 is 4.90 Å². The lowest BCUT2D eigenvalue weighted by Crippen LogP contribution is -2.26. The molecule has 0 saturated carbocycles. The van der Waals surface area contributed by atoms with Crippen molar-refractivity contribution in [3.8, 4) is 33.4 Å². The van der Waals surface area contributed by atoms with Crippen molar-refractivity contribution in [2.75, 3.05) is 4.90 Å². The third kappa shape index (κ3) is 4.14. The number of para-hydroxylation sites is 1. The van der Waals surface area contributed by atoms with Crippen molar-refractivity contribution in [3.05, 3.63) is 222 Å². The first-order valence-electron chi connectivity index (χ1n) is 19.0. The Morgan fingerprint density at radius 2 is 0.909 bits per heavy atom. The lowest BCUT2D eigenvalue weighted by atomic mass is 9.70. The first-order valence-corrected chi connectivity index (χ1v) is 19.0. The summed E-state index contributed by atoms with van der Waals surface area (Å²) in [5.41, 5.74) is 17.5. The van der Waals surface area contributed by atoms with Crippen LogP contribution in [0.3, 0.4) is 0 Å². The molecule has 10 aromatic rings. The predicted molar refractivity (Wildman–Crippen MR) is 228 cm³/mol. The lowest BCUT2D eigenvalue weighted by molar-refractivity contribution is 0.670. The normalized spacial score (nSPS) is 13.2. The molecule has 0 aliphatic heterocycles. The first-order chi connectivity index (χ1) is 27.3. The van der Waals surface area contributed by atoms with Crippen LogP contribution in [0.4, 0.5) is 17.1 Å². The van der Waals surface area contributed by atoms with Crippen molar-refractivity contribution in [2.24, 2.45) is 0 Å². The van der Waals surface area contributed by atoms with Gasteiger partial charge in [-0.15, -0.1) is 0 Å². The van der Waals surface area contributed by atoms with Gasteiger partial charge in [0.1, 0.15) is 11.2 Å². The van der Waals surface area contributed by atoms with Crippen molar-refractivity contribution in [2.45, 2.75) is 5.41 Å². The van der Waals surface area contributed by atoms with Crippen LogP contribution in [0.25, 0.3) is 66.1 Å². The van der Waals surface area contributed by atoms with Crippen molar-refractivity contribution in [3.63, 3.8) is 0 Å². The monoisotopic (exact) mass is 699 g/mol.